The van der Waals surface area contributed by atoms with Gasteiger partial charge in [0.05, 0.1) is 0 Å². The summed E-state index contributed by atoms with van der Waals surface area (Å²) in [6.45, 7) is 6.84. The van der Waals surface area contributed by atoms with E-state index in [9.17, 15) is 14.4 Å². The van der Waals surface area contributed by atoms with Gasteiger partial charge in [0.2, 0.25) is 0 Å². The van der Waals surface area contributed by atoms with Gasteiger partial charge < -0.3 is 0 Å². The molecule has 0 saturated carbocycles. The molecule has 0 aliphatic heterocycles. The first-order valence-electron chi connectivity index (χ1n) is 21.2. The number of rotatable bonds is 29. The first-order chi connectivity index (χ1) is 26.0. The minimum Gasteiger partial charge on any atom is -0.291 e. The number of nitrogens with one attached hydrogen (secondary N) is 3. The number of amides is 3. The van der Waals surface area contributed by atoms with Crippen molar-refractivity contribution in [3.05, 3.63) is 54.6 Å². The third-order valence-corrected chi connectivity index (χ3v) is 15.6. The average molecular weight is 858 g/mol. The van der Waals surface area contributed by atoms with Crippen LogP contribution < -0.4 is 19.6 Å². The van der Waals surface area contributed by atoms with E-state index in [1.807, 2.05) is 49.4 Å². The van der Waals surface area contributed by atoms with E-state index in [1.54, 1.807) is 5.01 Å². The van der Waals surface area contributed by atoms with Crippen molar-refractivity contribution >= 4 is 51.4 Å². The second kappa shape index (κ2) is 28.6. The molecule has 2 atom stereocenters. The van der Waals surface area contributed by atoms with Crippen molar-refractivity contribution in [3.63, 3.8) is 0 Å². The van der Waals surface area contributed by atoms with Crippen LogP contribution in [0.4, 0.5) is 21.0 Å². The Bertz CT molecular complexity index is 1310. The summed E-state index contributed by atoms with van der Waals surface area (Å²) < 4.78 is 13.5. The monoisotopic (exact) mass is 858 g/mol. The molecule has 2 aromatic rings. The first kappa shape index (κ1) is 47.4. The van der Waals surface area contributed by atoms with Gasteiger partial charge in [0.15, 0.2) is 0 Å². The fourth-order valence-corrected chi connectivity index (χ4v) is 9.86. The molecule has 0 bridgehead atoms. The van der Waals surface area contributed by atoms with Crippen LogP contribution in [0.15, 0.2) is 54.6 Å². The Hall–Kier alpha value is -2.79. The van der Waals surface area contributed by atoms with E-state index >= 15 is 0 Å². The molecule has 2 aromatic carbocycles. The van der Waals surface area contributed by atoms with Gasteiger partial charge in [0, 0.05) is 5.69 Å². The van der Waals surface area contributed by atoms with E-state index in [0.29, 0.717) is 24.9 Å². The quantitative estimate of drug-likeness (QED) is 0.0427. The molecule has 0 spiro atoms. The number of hydrogen-bond acceptors (Lipinski definition) is 6. The molecule has 0 fully saturated rings. The van der Waals surface area contributed by atoms with E-state index < -0.39 is 42.8 Å². The minimum absolute atomic E-state index is 0.143. The molecule has 3 N–H and O–H groups in total. The molecule has 0 heterocycles. The summed E-state index contributed by atoms with van der Waals surface area (Å²) in [6, 6.07) is 17.4. The number of ether oxygens (including phenoxy) is 2. The van der Waals surface area contributed by atoms with E-state index in [1.165, 1.54) is 67.8 Å². The normalized spacial score (nSPS) is 12.6. The van der Waals surface area contributed by atoms with Crippen molar-refractivity contribution in [2.24, 2.45) is 0 Å². The van der Waals surface area contributed by atoms with Crippen molar-refractivity contribution in [1.82, 2.24) is 10.4 Å². The van der Waals surface area contributed by atoms with Crippen molar-refractivity contribution in [3.8, 4) is 0 Å². The Labute approximate surface area is 332 Å². The summed E-state index contributed by atoms with van der Waals surface area (Å²) in [7, 11) is 0. The van der Waals surface area contributed by atoms with Gasteiger partial charge >= 0.3 is 190 Å². The van der Waals surface area contributed by atoms with Gasteiger partial charge in [0.25, 0.3) is 0 Å². The number of hydrazine groups is 1. The third kappa shape index (κ3) is 22.6. The van der Waals surface area contributed by atoms with Gasteiger partial charge in [-0.1, -0.05) is 110 Å². The number of anilines is 2. The van der Waals surface area contributed by atoms with Crippen LogP contribution in [0.3, 0.4) is 0 Å². The zero-order valence-corrected chi connectivity index (χ0v) is 37.5. The molecule has 304 valence electrons. The summed E-state index contributed by atoms with van der Waals surface area (Å²) in [5.41, 5.74) is 4.43. The molecule has 10 heteroatoms. The number of para-hydroxylation sites is 1. The molecular weight excluding hydrogens is 783 g/mol. The predicted octanol–water partition coefficient (Wildman–Crippen LogP) is 11.6. The van der Waals surface area contributed by atoms with Crippen LogP contribution in [-0.2, 0) is 14.3 Å². The zero-order valence-electron chi connectivity index (χ0n) is 34.7. The molecule has 0 aliphatic rings. The predicted molar refractivity (Wildman–Crippen MR) is 228 cm³/mol. The number of benzene rings is 2. The minimum atomic E-state index is -2.35. The van der Waals surface area contributed by atoms with Crippen LogP contribution in [0.2, 0.25) is 14.8 Å². The van der Waals surface area contributed by atoms with Crippen LogP contribution >= 0.6 is 0 Å². The van der Waals surface area contributed by atoms with Gasteiger partial charge in [-0.05, 0) is 18.6 Å². The van der Waals surface area contributed by atoms with Crippen LogP contribution in [0.1, 0.15) is 143 Å². The van der Waals surface area contributed by atoms with Gasteiger partial charge in [-0.15, -0.1) is 0 Å². The summed E-state index contributed by atoms with van der Waals surface area (Å²) in [6.07, 6.45) is 18.4. The van der Waals surface area contributed by atoms with Crippen molar-refractivity contribution in [1.29, 1.82) is 0 Å². The molecular formula is C44H74N4O5Sn. The Morgan fingerprint density at radius 2 is 1.04 bits per heavy atom. The summed E-state index contributed by atoms with van der Waals surface area (Å²) >= 11 is -2.35. The molecule has 3 amide bonds. The number of unbranched alkanes of at least 4 members (excludes halogenated alkanes) is 14. The maximum atomic E-state index is 13.4. The molecule has 9 nitrogen and oxygen atoms in total. The number of hydrogen-bond donors (Lipinski definition) is 3. The first-order valence-corrected chi connectivity index (χ1v) is 31.2. The van der Waals surface area contributed by atoms with Crippen molar-refractivity contribution < 1.29 is 23.9 Å². The average Bonchev–Trinajstić information content (AvgIpc) is 3.13. The van der Waals surface area contributed by atoms with Gasteiger partial charge in [0.1, 0.15) is 0 Å². The number of nitrogens with zero attached hydrogens (tertiary/aromatic N) is 1. The van der Waals surface area contributed by atoms with E-state index in [2.05, 4.69) is 56.9 Å². The SMILES string of the molecule is CCCCCCCCCCC(CN(CC(CCCCCCCCCC)OC(=O)Nc1ccc[c]([Sn]([CH3])([CH3])[CH3])c1)NC(=O)CC)OC(=O)Nc1ccccc1. The van der Waals surface area contributed by atoms with Crippen LogP contribution in [0.5, 0.6) is 0 Å². The van der Waals surface area contributed by atoms with Crippen molar-refractivity contribution in [2.75, 3.05) is 23.7 Å². The van der Waals surface area contributed by atoms with Crippen LogP contribution in [0, 0.1) is 0 Å². The molecule has 2 rings (SSSR count). The molecule has 0 saturated heterocycles. The van der Waals surface area contributed by atoms with Gasteiger partial charge in [-0.3, -0.25) is 5.32 Å². The van der Waals surface area contributed by atoms with Gasteiger partial charge in [-0.2, -0.15) is 0 Å². The van der Waals surface area contributed by atoms with Gasteiger partial charge in [-0.25, -0.2) is 4.79 Å². The summed E-state index contributed by atoms with van der Waals surface area (Å²) in [4.78, 5) is 46.4. The van der Waals surface area contributed by atoms with E-state index in [-0.39, 0.29) is 19.0 Å². The summed E-state index contributed by atoms with van der Waals surface area (Å²) in [5.74, 6) is -0.143. The Balaban J connectivity index is 2.19. The topological polar surface area (TPSA) is 109 Å². The molecule has 54 heavy (non-hydrogen) atoms. The second-order valence-corrected chi connectivity index (χ2v) is 30.3. The zero-order chi connectivity index (χ0) is 39.4. The Kier molecular flexibility index (Phi) is 25.1. The molecule has 0 aliphatic carbocycles. The molecule has 0 radical (unpaired) electrons. The smallest absolute Gasteiger partial charge is 0.291 e. The van der Waals surface area contributed by atoms with Crippen LogP contribution in [0.25, 0.3) is 0 Å². The Morgan fingerprint density at radius 1 is 0.593 bits per heavy atom. The fraction of sp³-hybridized carbons (Fsp3) is 0.659. The van der Waals surface area contributed by atoms with E-state index in [0.717, 1.165) is 44.2 Å². The molecule has 2 unspecified atom stereocenters. The van der Waals surface area contributed by atoms with E-state index in [4.69, 9.17) is 9.47 Å². The maximum absolute atomic E-state index is 13.4. The number of carbonyl (C=O) groups is 3. The Morgan fingerprint density at radius 3 is 1.50 bits per heavy atom. The second-order valence-electron chi connectivity index (χ2n) is 15.8. The molecule has 0 aromatic heterocycles. The third-order valence-electron chi connectivity index (χ3n) is 9.75. The fourth-order valence-electron chi connectivity index (χ4n) is 6.48. The van der Waals surface area contributed by atoms with Crippen molar-refractivity contribution in [2.45, 2.75) is 170 Å². The van der Waals surface area contributed by atoms with Crippen LogP contribution in [-0.4, -0.2) is 66.8 Å². The summed E-state index contributed by atoms with van der Waals surface area (Å²) in [5, 5.41) is 7.62. The standard InChI is InChI=1S/C41H65N4O5.3CH3.Sn/c1-4-7-9-11-13-15-17-25-31-37(49-40(47)42-35-27-21-19-22-28-35)33-45(44-39(46)6-3)34-38(32-26-18-16-14-12-10-8-5-2)50-41(48)43-36-29-23-20-24-30-36;;;;/h19-23,27-30,37-38H,4-18,25-26,31-34H2,1-3H3,(H,42,47)(H,43,48)(H,44,46);3*1H3;. The number of carbonyl (C=O) groups excluding carboxylic acids is 3.